The monoisotopic (exact) mass is 223 g/mol. The highest BCUT2D eigenvalue weighted by atomic mass is 16.2. The fourth-order valence-electron chi connectivity index (χ4n) is 1.51. The Bertz CT molecular complexity index is 323. The summed E-state index contributed by atoms with van der Waals surface area (Å²) < 4.78 is 0. The molecule has 0 radical (unpaired) electrons. The van der Waals surface area contributed by atoms with Gasteiger partial charge >= 0.3 is 0 Å². The van der Waals surface area contributed by atoms with Gasteiger partial charge in [-0.1, -0.05) is 13.0 Å². The Hall–Kier alpha value is -1.65. The second kappa shape index (κ2) is 6.05. The van der Waals surface area contributed by atoms with Gasteiger partial charge in [-0.05, 0) is 6.42 Å². The molecule has 5 heteroatoms. The van der Waals surface area contributed by atoms with Gasteiger partial charge in [0.15, 0.2) is 0 Å². The average molecular weight is 223 g/mol. The van der Waals surface area contributed by atoms with E-state index in [2.05, 4.69) is 17.1 Å². The summed E-state index contributed by atoms with van der Waals surface area (Å²) in [5, 5.41) is 3.79. The van der Waals surface area contributed by atoms with Crippen LogP contribution in [-0.4, -0.2) is 35.5 Å². The van der Waals surface area contributed by atoms with Crippen molar-refractivity contribution in [1.82, 2.24) is 10.3 Å². The van der Waals surface area contributed by atoms with Gasteiger partial charge in [0.2, 0.25) is 5.91 Å². The Balaban J connectivity index is 2.66. The number of nitrogens with zero attached hydrogens (tertiary/aromatic N) is 2. The third-order valence-corrected chi connectivity index (χ3v) is 2.28. The van der Waals surface area contributed by atoms with E-state index in [0.717, 1.165) is 6.42 Å². The van der Waals surface area contributed by atoms with E-state index in [0.29, 0.717) is 31.6 Å². The summed E-state index contributed by atoms with van der Waals surface area (Å²) in [4.78, 5) is 24.6. The van der Waals surface area contributed by atoms with Crippen LogP contribution < -0.4 is 5.43 Å². The summed E-state index contributed by atoms with van der Waals surface area (Å²) in [6, 6.07) is 0. The third-order valence-electron chi connectivity index (χ3n) is 2.28. The van der Waals surface area contributed by atoms with E-state index in [1.54, 1.807) is 11.0 Å². The zero-order valence-electron chi connectivity index (χ0n) is 9.53. The van der Waals surface area contributed by atoms with E-state index in [1.165, 1.54) is 0 Å². The summed E-state index contributed by atoms with van der Waals surface area (Å²) in [6.45, 7) is 6.82. The summed E-state index contributed by atoms with van der Waals surface area (Å²) in [5.74, 6) is -0.246. The lowest BCUT2D eigenvalue weighted by Gasteiger charge is -2.22. The molecule has 0 aromatic heterocycles. The number of hydrogen-bond acceptors (Lipinski definition) is 3. The molecule has 0 aromatic rings. The smallest absolute Gasteiger partial charge is 0.270 e. The van der Waals surface area contributed by atoms with Crippen molar-refractivity contribution in [3.8, 4) is 0 Å². The van der Waals surface area contributed by atoms with Crippen LogP contribution in [0, 0.1) is 0 Å². The van der Waals surface area contributed by atoms with Crippen molar-refractivity contribution in [3.63, 3.8) is 0 Å². The van der Waals surface area contributed by atoms with E-state index in [4.69, 9.17) is 0 Å². The zero-order valence-corrected chi connectivity index (χ0v) is 9.53. The average Bonchev–Trinajstić information content (AvgIpc) is 2.29. The molecule has 0 aromatic carbocycles. The quantitative estimate of drug-likeness (QED) is 0.696. The predicted octanol–water partition coefficient (Wildman–Crippen LogP) is 0.677. The second-order valence-corrected chi connectivity index (χ2v) is 3.63. The van der Waals surface area contributed by atoms with Crippen molar-refractivity contribution in [3.05, 3.63) is 12.7 Å². The Kier molecular flexibility index (Phi) is 4.69. The molecule has 0 spiro atoms. The zero-order chi connectivity index (χ0) is 12.0. The maximum atomic E-state index is 12.0. The highest BCUT2D eigenvalue weighted by Crippen LogP contribution is 2.04. The molecule has 2 amide bonds. The molecule has 1 N–H and O–H groups in total. The van der Waals surface area contributed by atoms with Crippen LogP contribution in [0.5, 0.6) is 0 Å². The number of amides is 2. The molecular weight excluding hydrogens is 206 g/mol. The lowest BCUT2D eigenvalue weighted by molar-refractivity contribution is -0.124. The Morgan fingerprint density at radius 3 is 2.88 bits per heavy atom. The molecule has 1 heterocycles. The van der Waals surface area contributed by atoms with E-state index in [1.807, 2.05) is 6.92 Å². The summed E-state index contributed by atoms with van der Waals surface area (Å²) >= 11 is 0. The first-order valence-electron chi connectivity index (χ1n) is 5.44. The van der Waals surface area contributed by atoms with Gasteiger partial charge in [0.25, 0.3) is 5.91 Å². The molecular formula is C11H17N3O2. The van der Waals surface area contributed by atoms with Crippen LogP contribution in [0.15, 0.2) is 17.8 Å². The van der Waals surface area contributed by atoms with Crippen molar-refractivity contribution >= 4 is 17.5 Å². The molecule has 0 aliphatic carbocycles. The molecule has 0 saturated heterocycles. The van der Waals surface area contributed by atoms with Crippen LogP contribution in [-0.2, 0) is 9.59 Å². The maximum Gasteiger partial charge on any atom is 0.270 e. The van der Waals surface area contributed by atoms with Crippen LogP contribution in [0.25, 0.3) is 0 Å². The highest BCUT2D eigenvalue weighted by molar-refractivity contribution is 6.39. The predicted molar refractivity (Wildman–Crippen MR) is 61.9 cm³/mol. The van der Waals surface area contributed by atoms with Crippen molar-refractivity contribution in [1.29, 1.82) is 0 Å². The van der Waals surface area contributed by atoms with Crippen molar-refractivity contribution < 1.29 is 9.59 Å². The molecule has 1 aliphatic heterocycles. The van der Waals surface area contributed by atoms with Gasteiger partial charge in [0, 0.05) is 25.9 Å². The van der Waals surface area contributed by atoms with E-state index in [9.17, 15) is 9.59 Å². The van der Waals surface area contributed by atoms with E-state index in [-0.39, 0.29) is 11.8 Å². The molecule has 0 unspecified atom stereocenters. The number of carbonyl (C=O) groups excluding carboxylic acids is 2. The van der Waals surface area contributed by atoms with Gasteiger partial charge in [-0.15, -0.1) is 6.58 Å². The normalized spacial score (nSPS) is 15.1. The van der Waals surface area contributed by atoms with Crippen LogP contribution in [0.2, 0.25) is 0 Å². The molecule has 0 fully saturated rings. The first-order chi connectivity index (χ1) is 7.69. The largest absolute Gasteiger partial charge is 0.334 e. The van der Waals surface area contributed by atoms with Crippen LogP contribution >= 0.6 is 0 Å². The van der Waals surface area contributed by atoms with Gasteiger partial charge in [-0.2, -0.15) is 5.10 Å². The van der Waals surface area contributed by atoms with Gasteiger partial charge in [-0.3, -0.25) is 9.59 Å². The SMILES string of the molecule is C=CCN(CCC)C(=O)C1=NNC(=O)CC1. The maximum absolute atomic E-state index is 12.0. The summed E-state index contributed by atoms with van der Waals surface area (Å²) in [7, 11) is 0. The molecule has 0 atom stereocenters. The minimum absolute atomic E-state index is 0.109. The number of nitrogens with one attached hydrogen (secondary N) is 1. The lowest BCUT2D eigenvalue weighted by atomic mass is 10.1. The van der Waals surface area contributed by atoms with Crippen molar-refractivity contribution in [2.75, 3.05) is 13.1 Å². The number of hydrogen-bond donors (Lipinski definition) is 1. The highest BCUT2D eigenvalue weighted by Gasteiger charge is 2.22. The van der Waals surface area contributed by atoms with Crippen LogP contribution in [0.3, 0.4) is 0 Å². The lowest BCUT2D eigenvalue weighted by Crippen LogP contribution is -2.40. The van der Waals surface area contributed by atoms with Gasteiger partial charge in [0.05, 0.1) is 0 Å². The molecule has 0 bridgehead atoms. The fraction of sp³-hybridized carbons (Fsp3) is 0.545. The first kappa shape index (κ1) is 12.4. The minimum atomic E-state index is -0.137. The Morgan fingerprint density at radius 2 is 2.38 bits per heavy atom. The van der Waals surface area contributed by atoms with Gasteiger partial charge in [-0.25, -0.2) is 5.43 Å². The standard InChI is InChI=1S/C11H17N3O2/c1-3-7-14(8-4-2)11(16)9-5-6-10(15)13-12-9/h3H,1,4-8H2,2H3,(H,13,15). The second-order valence-electron chi connectivity index (χ2n) is 3.63. The molecule has 1 rings (SSSR count). The van der Waals surface area contributed by atoms with Crippen LogP contribution in [0.1, 0.15) is 26.2 Å². The molecule has 88 valence electrons. The summed E-state index contributed by atoms with van der Waals surface area (Å²) in [5.41, 5.74) is 2.75. The van der Waals surface area contributed by atoms with Crippen molar-refractivity contribution in [2.24, 2.45) is 5.10 Å². The van der Waals surface area contributed by atoms with Gasteiger partial charge in [0.1, 0.15) is 5.71 Å². The topological polar surface area (TPSA) is 61.8 Å². The first-order valence-corrected chi connectivity index (χ1v) is 5.44. The molecule has 16 heavy (non-hydrogen) atoms. The fourth-order valence-corrected chi connectivity index (χ4v) is 1.51. The number of hydrazone groups is 1. The van der Waals surface area contributed by atoms with E-state index >= 15 is 0 Å². The van der Waals surface area contributed by atoms with Crippen molar-refractivity contribution in [2.45, 2.75) is 26.2 Å². The van der Waals surface area contributed by atoms with Gasteiger partial charge < -0.3 is 4.90 Å². The van der Waals surface area contributed by atoms with E-state index < -0.39 is 0 Å². The number of rotatable bonds is 5. The molecule has 5 nitrogen and oxygen atoms in total. The summed E-state index contributed by atoms with van der Waals surface area (Å²) in [6.07, 6.45) is 3.33. The third kappa shape index (κ3) is 3.18. The molecule has 0 saturated carbocycles. The number of carbonyl (C=O) groups is 2. The minimum Gasteiger partial charge on any atom is -0.334 e. The van der Waals surface area contributed by atoms with Crippen LogP contribution in [0.4, 0.5) is 0 Å². The Labute approximate surface area is 95.2 Å². The molecule has 1 aliphatic rings. The Morgan fingerprint density at radius 1 is 1.62 bits per heavy atom.